The average Bonchev–Trinajstić information content (AvgIpc) is 3.51. The number of nitrogens with one attached hydrogen (secondary N) is 1. The number of carbonyl (C=O) groups excluding carboxylic acids is 1. The van der Waals surface area contributed by atoms with Crippen LogP contribution in [-0.2, 0) is 0 Å². The highest BCUT2D eigenvalue weighted by Gasteiger charge is 2.49. The van der Waals surface area contributed by atoms with Gasteiger partial charge in [0, 0.05) is 23.7 Å². The maximum absolute atomic E-state index is 15.5. The van der Waals surface area contributed by atoms with E-state index < -0.39 is 29.1 Å². The van der Waals surface area contributed by atoms with Gasteiger partial charge in [-0.25, -0.2) is 13.3 Å². The number of anilines is 1. The Kier molecular flexibility index (Phi) is 5.45. The van der Waals surface area contributed by atoms with Crippen molar-refractivity contribution in [2.45, 2.75) is 18.9 Å². The fourth-order valence-corrected chi connectivity index (χ4v) is 4.33. The molecule has 10 heteroatoms. The van der Waals surface area contributed by atoms with E-state index in [1.165, 1.54) is 40.9 Å². The number of hydrogen-bond acceptors (Lipinski definition) is 5. The van der Waals surface area contributed by atoms with E-state index in [1.54, 1.807) is 18.3 Å². The fourth-order valence-electron chi connectivity index (χ4n) is 4.10. The molecule has 1 atom stereocenters. The number of pyridine rings is 1. The standard InChI is InChI=1S/C24H20ClF2N5O2/c25-17-6-5-16(14-7-10-32-18(11-14)30-23(28)31-32)20(27)19(17)22(34)29-12-24(8-9-24)21(33)13-1-3-15(26)4-2-13/h1-7,10-11,21,33H,8-9,12H2,(H2,28,31)(H,29,34). The lowest BCUT2D eigenvalue weighted by atomic mass is 9.92. The molecule has 7 nitrogen and oxygen atoms in total. The predicted octanol–water partition coefficient (Wildman–Crippen LogP) is 4.15. The molecule has 1 fully saturated rings. The van der Waals surface area contributed by atoms with Gasteiger partial charge in [-0.3, -0.25) is 4.79 Å². The molecule has 2 aromatic carbocycles. The van der Waals surface area contributed by atoms with Gasteiger partial charge in [-0.1, -0.05) is 23.7 Å². The number of amides is 1. The quantitative estimate of drug-likeness (QED) is 0.382. The minimum atomic E-state index is -0.887. The van der Waals surface area contributed by atoms with Crippen molar-refractivity contribution in [2.75, 3.05) is 12.3 Å². The van der Waals surface area contributed by atoms with Crippen LogP contribution in [-0.4, -0.2) is 32.2 Å². The highest BCUT2D eigenvalue weighted by atomic mass is 35.5. The number of nitrogens with zero attached hydrogens (tertiary/aromatic N) is 3. The minimum absolute atomic E-state index is 0.0320. The summed E-state index contributed by atoms with van der Waals surface area (Å²) in [5.74, 6) is -1.77. The molecule has 5 rings (SSSR count). The number of hydrogen-bond donors (Lipinski definition) is 3. The summed E-state index contributed by atoms with van der Waals surface area (Å²) < 4.78 is 30.1. The Balaban J connectivity index is 1.38. The first kappa shape index (κ1) is 22.2. The number of carbonyl (C=O) groups is 1. The smallest absolute Gasteiger partial charge is 0.255 e. The van der Waals surface area contributed by atoms with Crippen LogP contribution in [0.3, 0.4) is 0 Å². The van der Waals surface area contributed by atoms with Crippen LogP contribution in [0.4, 0.5) is 14.7 Å². The molecular formula is C24H20ClF2N5O2. The predicted molar refractivity (Wildman–Crippen MR) is 123 cm³/mol. The molecule has 0 bridgehead atoms. The van der Waals surface area contributed by atoms with E-state index in [2.05, 4.69) is 15.4 Å². The van der Waals surface area contributed by atoms with Crippen LogP contribution >= 0.6 is 11.6 Å². The van der Waals surface area contributed by atoms with Crippen molar-refractivity contribution in [2.24, 2.45) is 5.41 Å². The van der Waals surface area contributed by atoms with E-state index in [1.807, 2.05) is 0 Å². The summed E-state index contributed by atoms with van der Waals surface area (Å²) in [6.45, 7) is 0.120. The Morgan fingerprint density at radius 2 is 1.94 bits per heavy atom. The van der Waals surface area contributed by atoms with Crippen molar-refractivity contribution >= 4 is 29.1 Å². The molecule has 1 aliphatic rings. The topological polar surface area (TPSA) is 106 Å². The van der Waals surface area contributed by atoms with Gasteiger partial charge in [-0.05, 0) is 60.4 Å². The van der Waals surface area contributed by atoms with E-state index in [-0.39, 0.29) is 28.6 Å². The van der Waals surface area contributed by atoms with Crippen molar-refractivity contribution in [3.8, 4) is 11.1 Å². The maximum atomic E-state index is 15.5. The maximum Gasteiger partial charge on any atom is 0.255 e. The molecule has 0 radical (unpaired) electrons. The summed E-state index contributed by atoms with van der Waals surface area (Å²) in [4.78, 5) is 17.0. The van der Waals surface area contributed by atoms with Crippen molar-refractivity contribution in [3.63, 3.8) is 0 Å². The largest absolute Gasteiger partial charge is 0.388 e. The second kappa shape index (κ2) is 8.34. The number of benzene rings is 2. The number of halogens is 3. The number of rotatable bonds is 6. The van der Waals surface area contributed by atoms with Crippen molar-refractivity contribution in [1.82, 2.24) is 19.9 Å². The molecule has 1 unspecified atom stereocenters. The third-order valence-corrected chi connectivity index (χ3v) is 6.56. The third-order valence-electron chi connectivity index (χ3n) is 6.24. The summed E-state index contributed by atoms with van der Waals surface area (Å²) >= 11 is 6.19. The van der Waals surface area contributed by atoms with Crippen LogP contribution in [0.1, 0.15) is 34.9 Å². The highest BCUT2D eigenvalue weighted by molar-refractivity contribution is 6.34. The first-order valence-electron chi connectivity index (χ1n) is 10.6. The van der Waals surface area contributed by atoms with Gasteiger partial charge in [0.25, 0.3) is 5.91 Å². The first-order valence-corrected chi connectivity index (χ1v) is 11.0. The molecule has 0 spiro atoms. The third kappa shape index (κ3) is 3.97. The molecule has 2 aromatic heterocycles. The molecular weight excluding hydrogens is 464 g/mol. The summed E-state index contributed by atoms with van der Waals surface area (Å²) in [6.07, 6.45) is 2.05. The molecule has 0 aliphatic heterocycles. The fraction of sp³-hybridized carbons (Fsp3) is 0.208. The lowest BCUT2D eigenvalue weighted by Gasteiger charge is -2.23. The van der Waals surface area contributed by atoms with Gasteiger partial charge in [0.1, 0.15) is 11.6 Å². The molecule has 1 saturated carbocycles. The molecule has 34 heavy (non-hydrogen) atoms. The monoisotopic (exact) mass is 483 g/mol. The molecule has 4 aromatic rings. The molecule has 1 amide bonds. The second-order valence-electron chi connectivity index (χ2n) is 8.47. The molecule has 4 N–H and O–H groups in total. The van der Waals surface area contributed by atoms with Gasteiger partial charge in [0.2, 0.25) is 5.95 Å². The van der Waals surface area contributed by atoms with Crippen molar-refractivity contribution in [1.29, 1.82) is 0 Å². The molecule has 0 saturated heterocycles. The van der Waals surface area contributed by atoms with Gasteiger partial charge in [0.05, 0.1) is 16.7 Å². The number of fused-ring (bicyclic) bond motifs is 1. The lowest BCUT2D eigenvalue weighted by Crippen LogP contribution is -2.34. The Morgan fingerprint density at radius 1 is 1.21 bits per heavy atom. The normalized spacial score (nSPS) is 15.3. The summed E-state index contributed by atoms with van der Waals surface area (Å²) in [7, 11) is 0. The Morgan fingerprint density at radius 3 is 2.65 bits per heavy atom. The van der Waals surface area contributed by atoms with Gasteiger partial charge in [0.15, 0.2) is 5.65 Å². The van der Waals surface area contributed by atoms with Gasteiger partial charge < -0.3 is 16.2 Å². The number of aliphatic hydroxyl groups excluding tert-OH is 1. The zero-order valence-corrected chi connectivity index (χ0v) is 18.6. The van der Waals surface area contributed by atoms with Crippen molar-refractivity contribution < 1.29 is 18.7 Å². The van der Waals surface area contributed by atoms with E-state index >= 15 is 4.39 Å². The van der Waals surface area contributed by atoms with E-state index in [9.17, 15) is 14.3 Å². The van der Waals surface area contributed by atoms with Crippen LogP contribution in [0.5, 0.6) is 0 Å². The minimum Gasteiger partial charge on any atom is -0.388 e. The van der Waals surface area contributed by atoms with Gasteiger partial charge >= 0.3 is 0 Å². The first-order chi connectivity index (χ1) is 16.3. The number of aliphatic hydroxyl groups is 1. The van der Waals surface area contributed by atoms with Gasteiger partial charge in [-0.2, -0.15) is 4.98 Å². The van der Waals surface area contributed by atoms with Crippen LogP contribution in [0.2, 0.25) is 5.02 Å². The Hall–Kier alpha value is -3.56. The van der Waals surface area contributed by atoms with Crippen molar-refractivity contribution in [3.05, 3.63) is 82.5 Å². The Labute approximate surface area is 198 Å². The van der Waals surface area contributed by atoms with Crippen LogP contribution in [0, 0.1) is 17.0 Å². The number of nitrogen functional groups attached to an aromatic ring is 1. The van der Waals surface area contributed by atoms with Crippen LogP contribution in [0.15, 0.2) is 54.7 Å². The zero-order valence-electron chi connectivity index (χ0n) is 17.8. The molecule has 1 aliphatic carbocycles. The molecule has 2 heterocycles. The van der Waals surface area contributed by atoms with E-state index in [0.717, 1.165) is 0 Å². The van der Waals surface area contributed by atoms with Gasteiger partial charge in [-0.15, -0.1) is 5.10 Å². The summed E-state index contributed by atoms with van der Waals surface area (Å²) in [5, 5.41) is 17.5. The Bertz CT molecular complexity index is 1400. The highest BCUT2D eigenvalue weighted by Crippen LogP contribution is 2.54. The summed E-state index contributed by atoms with van der Waals surface area (Å²) in [5.41, 5.74) is 6.38. The lowest BCUT2D eigenvalue weighted by molar-refractivity contribution is 0.0805. The summed E-state index contributed by atoms with van der Waals surface area (Å²) in [6, 6.07) is 11.8. The SMILES string of the molecule is Nc1nc2cc(-c3ccc(Cl)c(C(=O)NCC4(C(O)c5ccc(F)cc5)CC4)c3F)ccn2n1. The molecule has 174 valence electrons. The van der Waals surface area contributed by atoms with Crippen LogP contribution in [0.25, 0.3) is 16.8 Å². The second-order valence-corrected chi connectivity index (χ2v) is 8.88. The van der Waals surface area contributed by atoms with E-state index in [0.29, 0.717) is 29.6 Å². The zero-order chi connectivity index (χ0) is 24.0. The number of aromatic nitrogens is 3. The van der Waals surface area contributed by atoms with Crippen LogP contribution < -0.4 is 11.1 Å². The van der Waals surface area contributed by atoms with E-state index in [4.69, 9.17) is 17.3 Å². The number of nitrogens with two attached hydrogens (primary N) is 1. The average molecular weight is 484 g/mol.